The first-order valence-electron chi connectivity index (χ1n) is 8.42. The number of halogens is 1. The summed E-state index contributed by atoms with van der Waals surface area (Å²) < 4.78 is 0. The van der Waals surface area contributed by atoms with E-state index in [1.165, 1.54) is 0 Å². The summed E-state index contributed by atoms with van der Waals surface area (Å²) in [6.07, 6.45) is 0.295. The number of aryl methyl sites for hydroxylation is 2. The zero-order chi connectivity index (χ0) is 18.0. The predicted octanol–water partition coefficient (Wildman–Crippen LogP) is 2.81. The van der Waals surface area contributed by atoms with Crippen molar-refractivity contribution >= 4 is 23.4 Å². The standard InChI is InChI=1S/C19H22ClN3O2/c1-13-11-16(14(2)21-13)19(25)23-9-7-22(8-10-23)18(24)12-15-5-3-4-6-17(15)20/h3-6,11,21H,7-10,12H2,1-2H3. The van der Waals surface area contributed by atoms with Crippen molar-refractivity contribution in [3.8, 4) is 0 Å². The zero-order valence-corrected chi connectivity index (χ0v) is 15.3. The molecule has 1 aromatic heterocycles. The molecule has 1 fully saturated rings. The molecule has 5 nitrogen and oxygen atoms in total. The molecule has 0 unspecified atom stereocenters. The van der Waals surface area contributed by atoms with Gasteiger partial charge in [0.05, 0.1) is 12.0 Å². The van der Waals surface area contributed by atoms with Crippen LogP contribution in [-0.4, -0.2) is 52.8 Å². The number of aromatic amines is 1. The molecular weight excluding hydrogens is 338 g/mol. The van der Waals surface area contributed by atoms with E-state index in [0.29, 0.717) is 43.2 Å². The van der Waals surface area contributed by atoms with E-state index in [1.54, 1.807) is 6.07 Å². The topological polar surface area (TPSA) is 56.4 Å². The Hall–Kier alpha value is -2.27. The lowest BCUT2D eigenvalue weighted by Gasteiger charge is -2.35. The first-order valence-corrected chi connectivity index (χ1v) is 8.80. The zero-order valence-electron chi connectivity index (χ0n) is 14.5. The van der Waals surface area contributed by atoms with Crippen LogP contribution in [0.2, 0.25) is 5.02 Å². The van der Waals surface area contributed by atoms with Crippen molar-refractivity contribution in [2.75, 3.05) is 26.2 Å². The Morgan fingerprint density at radius 3 is 2.32 bits per heavy atom. The van der Waals surface area contributed by atoms with Gasteiger partial charge in [0, 0.05) is 42.6 Å². The van der Waals surface area contributed by atoms with E-state index in [1.807, 2.05) is 47.9 Å². The third-order valence-electron chi connectivity index (χ3n) is 4.60. The summed E-state index contributed by atoms with van der Waals surface area (Å²) in [5, 5.41) is 0.614. The molecule has 2 aromatic rings. The average Bonchev–Trinajstić information content (AvgIpc) is 2.94. The van der Waals surface area contributed by atoms with Crippen molar-refractivity contribution in [3.05, 3.63) is 57.9 Å². The van der Waals surface area contributed by atoms with E-state index in [4.69, 9.17) is 11.6 Å². The van der Waals surface area contributed by atoms with Crippen molar-refractivity contribution < 1.29 is 9.59 Å². The second-order valence-corrected chi connectivity index (χ2v) is 6.84. The normalized spacial score (nSPS) is 14.7. The van der Waals surface area contributed by atoms with Crippen LogP contribution in [0, 0.1) is 13.8 Å². The number of aromatic nitrogens is 1. The number of carbonyl (C=O) groups is 2. The van der Waals surface area contributed by atoms with Gasteiger partial charge in [-0.15, -0.1) is 0 Å². The van der Waals surface area contributed by atoms with Crippen LogP contribution in [0.5, 0.6) is 0 Å². The second-order valence-electron chi connectivity index (χ2n) is 6.43. The van der Waals surface area contributed by atoms with Gasteiger partial charge in [-0.25, -0.2) is 0 Å². The lowest BCUT2D eigenvalue weighted by molar-refractivity contribution is -0.131. The van der Waals surface area contributed by atoms with Crippen LogP contribution in [0.4, 0.5) is 0 Å². The molecular formula is C19H22ClN3O2. The number of hydrogen-bond acceptors (Lipinski definition) is 2. The van der Waals surface area contributed by atoms with Crippen molar-refractivity contribution in [2.45, 2.75) is 20.3 Å². The van der Waals surface area contributed by atoms with E-state index in [2.05, 4.69) is 4.98 Å². The third-order valence-corrected chi connectivity index (χ3v) is 4.97. The number of amides is 2. The lowest BCUT2D eigenvalue weighted by atomic mass is 10.1. The molecule has 1 aliphatic rings. The monoisotopic (exact) mass is 359 g/mol. The lowest BCUT2D eigenvalue weighted by Crippen LogP contribution is -2.51. The van der Waals surface area contributed by atoms with Crippen LogP contribution < -0.4 is 0 Å². The minimum Gasteiger partial charge on any atom is -0.362 e. The van der Waals surface area contributed by atoms with Gasteiger partial charge in [0.1, 0.15) is 0 Å². The highest BCUT2D eigenvalue weighted by Gasteiger charge is 2.26. The van der Waals surface area contributed by atoms with Crippen LogP contribution in [0.25, 0.3) is 0 Å². The smallest absolute Gasteiger partial charge is 0.255 e. The van der Waals surface area contributed by atoms with Crippen LogP contribution in [0.15, 0.2) is 30.3 Å². The molecule has 1 N–H and O–H groups in total. The molecule has 0 atom stereocenters. The number of benzene rings is 1. The molecule has 3 rings (SSSR count). The molecule has 6 heteroatoms. The molecule has 0 saturated carbocycles. The van der Waals surface area contributed by atoms with E-state index >= 15 is 0 Å². The summed E-state index contributed by atoms with van der Waals surface area (Å²) in [6.45, 7) is 6.06. The molecule has 25 heavy (non-hydrogen) atoms. The Morgan fingerprint density at radius 2 is 1.72 bits per heavy atom. The summed E-state index contributed by atoms with van der Waals surface area (Å²) >= 11 is 6.13. The summed E-state index contributed by atoms with van der Waals surface area (Å²) in [7, 11) is 0. The van der Waals surface area contributed by atoms with Gasteiger partial charge in [0.2, 0.25) is 5.91 Å². The van der Waals surface area contributed by atoms with Gasteiger partial charge in [-0.1, -0.05) is 29.8 Å². The highest BCUT2D eigenvalue weighted by atomic mass is 35.5. The fraction of sp³-hybridized carbons (Fsp3) is 0.368. The minimum absolute atomic E-state index is 0.0278. The van der Waals surface area contributed by atoms with Crippen molar-refractivity contribution in [3.63, 3.8) is 0 Å². The van der Waals surface area contributed by atoms with Crippen LogP contribution in [-0.2, 0) is 11.2 Å². The van der Waals surface area contributed by atoms with Crippen molar-refractivity contribution in [2.24, 2.45) is 0 Å². The molecule has 1 aliphatic heterocycles. The van der Waals surface area contributed by atoms with Gasteiger partial charge in [-0.3, -0.25) is 9.59 Å². The number of rotatable bonds is 3. The quantitative estimate of drug-likeness (QED) is 0.916. The first kappa shape index (κ1) is 17.5. The van der Waals surface area contributed by atoms with Crippen molar-refractivity contribution in [1.82, 2.24) is 14.8 Å². The Morgan fingerprint density at radius 1 is 1.08 bits per heavy atom. The van der Waals surface area contributed by atoms with Crippen LogP contribution in [0.1, 0.15) is 27.3 Å². The maximum Gasteiger partial charge on any atom is 0.255 e. The fourth-order valence-electron chi connectivity index (χ4n) is 3.19. The van der Waals surface area contributed by atoms with Gasteiger partial charge in [-0.2, -0.15) is 0 Å². The summed E-state index contributed by atoms with van der Waals surface area (Å²) in [4.78, 5) is 31.9. The second kappa shape index (κ2) is 7.31. The molecule has 132 valence electrons. The maximum absolute atomic E-state index is 12.6. The predicted molar refractivity (Wildman–Crippen MR) is 97.9 cm³/mol. The minimum atomic E-state index is 0.0278. The Balaban J connectivity index is 1.58. The van der Waals surface area contributed by atoms with Gasteiger partial charge < -0.3 is 14.8 Å². The maximum atomic E-state index is 12.6. The highest BCUT2D eigenvalue weighted by Crippen LogP contribution is 2.18. The number of nitrogens with zero attached hydrogens (tertiary/aromatic N) is 2. The summed E-state index contributed by atoms with van der Waals surface area (Å²) in [5.74, 6) is 0.0777. The number of nitrogens with one attached hydrogen (secondary N) is 1. The first-order chi connectivity index (χ1) is 12.0. The number of carbonyl (C=O) groups excluding carboxylic acids is 2. The summed E-state index contributed by atoms with van der Waals surface area (Å²) in [5.41, 5.74) is 3.42. The molecule has 0 radical (unpaired) electrons. The van der Waals surface area contributed by atoms with Crippen LogP contribution >= 0.6 is 11.6 Å². The van der Waals surface area contributed by atoms with E-state index < -0.39 is 0 Å². The molecule has 1 aromatic carbocycles. The molecule has 2 heterocycles. The highest BCUT2D eigenvalue weighted by molar-refractivity contribution is 6.31. The molecule has 1 saturated heterocycles. The Bertz CT molecular complexity index is 792. The van der Waals surface area contributed by atoms with Gasteiger partial charge in [-0.05, 0) is 31.5 Å². The van der Waals surface area contributed by atoms with E-state index in [9.17, 15) is 9.59 Å². The van der Waals surface area contributed by atoms with Gasteiger partial charge in [0.25, 0.3) is 5.91 Å². The van der Waals surface area contributed by atoms with Crippen molar-refractivity contribution in [1.29, 1.82) is 0 Å². The molecule has 0 aliphatic carbocycles. The number of piperazine rings is 1. The van der Waals surface area contributed by atoms with Gasteiger partial charge >= 0.3 is 0 Å². The number of hydrogen-bond donors (Lipinski definition) is 1. The molecule has 2 amide bonds. The molecule has 0 spiro atoms. The van der Waals surface area contributed by atoms with E-state index in [-0.39, 0.29) is 11.8 Å². The SMILES string of the molecule is Cc1cc(C(=O)N2CCN(C(=O)Cc3ccccc3Cl)CC2)c(C)[nH]1. The molecule has 0 bridgehead atoms. The fourth-order valence-corrected chi connectivity index (χ4v) is 3.39. The summed E-state index contributed by atoms with van der Waals surface area (Å²) in [6, 6.07) is 9.28. The van der Waals surface area contributed by atoms with Crippen LogP contribution in [0.3, 0.4) is 0 Å². The third kappa shape index (κ3) is 3.87. The van der Waals surface area contributed by atoms with Gasteiger partial charge in [0.15, 0.2) is 0 Å². The van der Waals surface area contributed by atoms with E-state index in [0.717, 1.165) is 17.0 Å². The number of H-pyrrole nitrogens is 1. The Labute approximate surface area is 152 Å². The Kier molecular flexibility index (Phi) is 5.13. The largest absolute Gasteiger partial charge is 0.362 e. The average molecular weight is 360 g/mol.